The van der Waals surface area contributed by atoms with Crippen LogP contribution in [-0.4, -0.2) is 126 Å². The van der Waals surface area contributed by atoms with Gasteiger partial charge in [0, 0.05) is 11.8 Å². The van der Waals surface area contributed by atoms with Gasteiger partial charge in [-0.15, -0.1) is 0 Å². The third-order valence-corrected chi connectivity index (χ3v) is 11.1. The van der Waals surface area contributed by atoms with Crippen molar-refractivity contribution < 1.29 is 80.4 Å². The Morgan fingerprint density at radius 3 is 2.29 bits per heavy atom. The van der Waals surface area contributed by atoms with E-state index in [1.165, 1.54) is 11.1 Å². The van der Waals surface area contributed by atoms with Crippen LogP contribution in [0.2, 0.25) is 0 Å². The lowest BCUT2D eigenvalue weighted by Gasteiger charge is -2.31. The normalized spacial score (nSPS) is 35.3. The number of carbonyl (C=O) groups excluding carboxylic acids is 1. The fourth-order valence-electron chi connectivity index (χ4n) is 5.86. The van der Waals surface area contributed by atoms with E-state index in [0.717, 1.165) is 6.33 Å². The summed E-state index contributed by atoms with van der Waals surface area (Å²) < 4.78 is 72.6. The number of primary amides is 1. The summed E-state index contributed by atoms with van der Waals surface area (Å²) in [4.78, 5) is 61.4. The average Bonchev–Trinajstić information content (AvgIpc) is 3.73. The van der Waals surface area contributed by atoms with Crippen LogP contribution in [0.25, 0.3) is 0 Å². The van der Waals surface area contributed by atoms with Gasteiger partial charge in [-0.25, -0.2) is 23.7 Å². The molecule has 3 fully saturated rings. The summed E-state index contributed by atoms with van der Waals surface area (Å²) in [6, 6.07) is 0. The molecule has 5 aliphatic rings. The fourth-order valence-corrected chi connectivity index (χ4v) is 8.50. The Hall–Kier alpha value is -2.34. The zero-order chi connectivity index (χ0) is 34.8. The Morgan fingerprint density at radius 1 is 1.00 bits per heavy atom. The van der Waals surface area contributed by atoms with Crippen LogP contribution in [0.15, 0.2) is 18.1 Å². The lowest BCUT2D eigenvalue weighted by molar-refractivity contribution is -0.116. The Kier molecular flexibility index (Phi) is 9.67. The van der Waals surface area contributed by atoms with Crippen LogP contribution in [-0.2, 0) is 50.6 Å². The highest BCUT2D eigenvalue weighted by molar-refractivity contribution is 7.61. The second kappa shape index (κ2) is 13.1. The quantitative estimate of drug-likeness (QED) is 0.0985. The second-order valence-electron chi connectivity index (χ2n) is 11.1. The number of nitrogens with one attached hydrogen (secondary N) is 1. The Labute approximate surface area is 269 Å². The molecule has 1 aromatic heterocycles. The molecule has 0 saturated carbocycles. The van der Waals surface area contributed by atoms with Gasteiger partial charge in [-0.05, 0) is 12.8 Å². The molecule has 24 nitrogen and oxygen atoms in total. The average molecular weight is 747 g/mol. The molecule has 0 bridgehead atoms. The first-order valence-corrected chi connectivity index (χ1v) is 18.6. The highest BCUT2D eigenvalue weighted by Crippen LogP contribution is 2.61. The number of nitrogens with two attached hydrogens (primary N) is 2. The number of aliphatic hydroxyl groups is 2. The summed E-state index contributed by atoms with van der Waals surface area (Å²) in [6.07, 6.45) is -8.38. The lowest BCUT2D eigenvalue weighted by atomic mass is 10.1. The van der Waals surface area contributed by atoms with Gasteiger partial charge in [0.2, 0.25) is 5.91 Å². The molecule has 268 valence electrons. The molecule has 6 heterocycles. The standard InChI is InChI=1S/C21H32N7O17P3/c22-17-12-19(25-6-24-17)28(7-26-12)21-16(44-46(32,33)34)14(30)10(42-21)5-40-48(37,38)45-47(35,36)39-4-9-13(29)15-20(41-9)27-3-8(18(23)31)1-2-11(27)43-15/h3,6,9-11,13-16,20-21,26,29-30H,1-2,4-5,7H2,(H2,23,31)(H,35,36)(H,37,38)(H2,22,24,25)(H2,32,33,34)/t9-,10-,11-,13-,14-,15-,16-,20-,21-/m1/s1. The van der Waals surface area contributed by atoms with E-state index in [2.05, 4.69) is 19.6 Å². The Balaban J connectivity index is 1.05. The van der Waals surface area contributed by atoms with Gasteiger partial charge in [0.15, 0.2) is 24.1 Å². The molecule has 11 atom stereocenters. The van der Waals surface area contributed by atoms with E-state index in [-0.39, 0.29) is 24.0 Å². The number of nitrogen functional groups attached to an aromatic ring is 1. The van der Waals surface area contributed by atoms with Crippen LogP contribution >= 0.6 is 23.5 Å². The molecule has 1 aromatic rings. The summed E-state index contributed by atoms with van der Waals surface area (Å²) in [5.74, 6) is -0.466. The number of anilines is 3. The lowest BCUT2D eigenvalue weighted by Crippen LogP contribution is -2.45. The van der Waals surface area contributed by atoms with E-state index in [0.29, 0.717) is 18.4 Å². The van der Waals surface area contributed by atoms with Gasteiger partial charge in [0.05, 0.1) is 19.9 Å². The van der Waals surface area contributed by atoms with Crippen LogP contribution in [0, 0.1) is 0 Å². The van der Waals surface area contributed by atoms with E-state index in [9.17, 15) is 48.3 Å². The van der Waals surface area contributed by atoms with Crippen LogP contribution in [0.3, 0.4) is 0 Å². The number of hydrogen-bond donors (Lipinski definition) is 9. The second-order valence-corrected chi connectivity index (χ2v) is 15.3. The van der Waals surface area contributed by atoms with Crippen molar-refractivity contribution in [2.24, 2.45) is 5.73 Å². The van der Waals surface area contributed by atoms with Crippen LogP contribution < -0.4 is 21.7 Å². The third-order valence-electron chi connectivity index (χ3n) is 7.98. The van der Waals surface area contributed by atoms with Crippen molar-refractivity contribution >= 4 is 46.7 Å². The summed E-state index contributed by atoms with van der Waals surface area (Å²) in [5.41, 5.74) is 11.7. The summed E-state index contributed by atoms with van der Waals surface area (Å²) in [6.45, 7) is -1.92. The van der Waals surface area contributed by atoms with Crippen LogP contribution in [0.1, 0.15) is 12.8 Å². The van der Waals surface area contributed by atoms with E-state index >= 15 is 0 Å². The minimum Gasteiger partial charge on any atom is -0.387 e. The van der Waals surface area contributed by atoms with E-state index in [1.54, 1.807) is 4.90 Å². The fraction of sp³-hybridized carbons (Fsp3) is 0.667. The number of carbonyl (C=O) groups is 1. The van der Waals surface area contributed by atoms with Gasteiger partial charge in [-0.3, -0.25) is 18.4 Å². The maximum atomic E-state index is 12.6. The topological polar surface area (TPSA) is 351 Å². The zero-order valence-corrected chi connectivity index (χ0v) is 27.0. The summed E-state index contributed by atoms with van der Waals surface area (Å²) in [5, 5.41) is 24.3. The molecule has 6 rings (SSSR count). The molecule has 48 heavy (non-hydrogen) atoms. The Morgan fingerprint density at radius 2 is 1.65 bits per heavy atom. The molecule has 27 heteroatoms. The summed E-state index contributed by atoms with van der Waals surface area (Å²) >= 11 is 0. The largest absolute Gasteiger partial charge is 0.481 e. The highest BCUT2D eigenvalue weighted by atomic mass is 31.3. The molecule has 0 aromatic carbocycles. The van der Waals surface area contributed by atoms with Crippen molar-refractivity contribution in [1.29, 1.82) is 0 Å². The predicted molar refractivity (Wildman–Crippen MR) is 153 cm³/mol. The first-order chi connectivity index (χ1) is 22.4. The smallest absolute Gasteiger partial charge is 0.387 e. The van der Waals surface area contributed by atoms with Crippen molar-refractivity contribution in [2.45, 2.75) is 68.1 Å². The number of aromatic nitrogens is 2. The van der Waals surface area contributed by atoms with Gasteiger partial charge in [-0.1, -0.05) is 0 Å². The Bertz CT molecular complexity index is 1600. The monoisotopic (exact) mass is 747 g/mol. The maximum Gasteiger partial charge on any atom is 0.481 e. The van der Waals surface area contributed by atoms with Crippen molar-refractivity contribution in [3.05, 3.63) is 18.1 Å². The number of ether oxygens (including phenoxy) is 3. The van der Waals surface area contributed by atoms with E-state index in [4.69, 9.17) is 39.2 Å². The molecule has 2 unspecified atom stereocenters. The first kappa shape index (κ1) is 35.5. The molecular weight excluding hydrogens is 715 g/mol. The van der Waals surface area contributed by atoms with Gasteiger partial charge >= 0.3 is 23.5 Å². The van der Waals surface area contributed by atoms with Crippen molar-refractivity contribution in [2.75, 3.05) is 35.8 Å². The number of nitrogens with zero attached hydrogens (tertiary/aromatic N) is 4. The zero-order valence-electron chi connectivity index (χ0n) is 24.3. The number of hydrogen-bond acceptors (Lipinski definition) is 19. The number of amides is 1. The number of phosphoric acid groups is 3. The van der Waals surface area contributed by atoms with Gasteiger partial charge in [0.25, 0.3) is 0 Å². The number of fused-ring (bicyclic) bond motifs is 4. The minimum atomic E-state index is -5.46. The number of rotatable bonds is 12. The minimum absolute atomic E-state index is 0.0409. The molecule has 0 aliphatic carbocycles. The molecule has 0 radical (unpaired) electrons. The highest BCUT2D eigenvalue weighted by Gasteiger charge is 2.56. The number of aliphatic hydroxyl groups excluding tert-OH is 2. The number of phosphoric ester groups is 3. The van der Waals surface area contributed by atoms with Crippen LogP contribution in [0.4, 0.5) is 17.3 Å². The molecule has 5 aliphatic heterocycles. The van der Waals surface area contributed by atoms with Crippen molar-refractivity contribution in [3.63, 3.8) is 0 Å². The van der Waals surface area contributed by atoms with Crippen molar-refractivity contribution in [1.82, 2.24) is 14.9 Å². The molecular formula is C21H32N7O17P3. The van der Waals surface area contributed by atoms with Gasteiger partial charge in [-0.2, -0.15) is 4.31 Å². The van der Waals surface area contributed by atoms with E-state index in [1.807, 2.05) is 0 Å². The first-order valence-electron chi connectivity index (χ1n) is 14.0. The SMILES string of the molecule is NC(=O)C1=CN2[C@@H]3O[C@H](COP(=O)(O)OP(=O)(O)OC[C@H]4O[C@@H](N5CNc6c(N)ncnc65)[C@H](OP(=O)(O)O)[C@@H]4O)[C@@H](O)[C@H]3O[C@@H]2CC1. The van der Waals surface area contributed by atoms with E-state index < -0.39 is 97.9 Å². The maximum absolute atomic E-state index is 12.6. The van der Waals surface area contributed by atoms with Gasteiger partial charge in [0.1, 0.15) is 54.9 Å². The molecule has 1 amide bonds. The van der Waals surface area contributed by atoms with Crippen LogP contribution in [0.5, 0.6) is 0 Å². The van der Waals surface area contributed by atoms with Gasteiger partial charge < -0.3 is 70.6 Å². The molecule has 0 spiro atoms. The third kappa shape index (κ3) is 7.25. The summed E-state index contributed by atoms with van der Waals surface area (Å²) in [7, 11) is -16.1. The predicted octanol–water partition coefficient (Wildman–Crippen LogP) is -2.66. The van der Waals surface area contributed by atoms with Crippen molar-refractivity contribution in [3.8, 4) is 0 Å². The molecule has 3 saturated heterocycles. The molecule has 11 N–H and O–H groups in total.